The van der Waals surface area contributed by atoms with Gasteiger partial charge in [-0.1, -0.05) is 13.8 Å². The number of aliphatic hydroxyl groups is 1. The van der Waals surface area contributed by atoms with Crippen molar-refractivity contribution in [3.05, 3.63) is 24.3 Å². The van der Waals surface area contributed by atoms with Crippen molar-refractivity contribution >= 4 is 15.7 Å². The van der Waals surface area contributed by atoms with Gasteiger partial charge in [0.15, 0.2) is 0 Å². The van der Waals surface area contributed by atoms with Crippen LogP contribution in [-0.2, 0) is 10.0 Å². The number of hydrogen-bond donors (Lipinski definition) is 3. The van der Waals surface area contributed by atoms with Gasteiger partial charge < -0.3 is 10.4 Å². The summed E-state index contributed by atoms with van der Waals surface area (Å²) in [5.41, 5.74) is 0.968. The Bertz CT molecular complexity index is 510. The number of rotatable bonds is 8. The molecule has 0 aliphatic carbocycles. The van der Waals surface area contributed by atoms with E-state index in [1.54, 1.807) is 24.3 Å². The first-order valence-electron chi connectivity index (χ1n) is 6.69. The van der Waals surface area contributed by atoms with E-state index >= 15 is 0 Å². The maximum atomic E-state index is 11.6. The molecule has 0 saturated heterocycles. The van der Waals surface area contributed by atoms with Gasteiger partial charge in [0.1, 0.15) is 0 Å². The van der Waals surface area contributed by atoms with Crippen LogP contribution in [0.4, 0.5) is 5.69 Å². The molecule has 0 aliphatic heterocycles. The quantitative estimate of drug-likeness (QED) is 0.684. The standard InChI is InChI=1S/C14H24N2O3S/c1-14(2,9-4-10-17)11-16-12-5-7-13(8-6-12)20(18,19)15-3/h5-8,15-17H,4,9-11H2,1-3H3. The highest BCUT2D eigenvalue weighted by Gasteiger charge is 2.17. The lowest BCUT2D eigenvalue weighted by atomic mass is 9.88. The van der Waals surface area contributed by atoms with Gasteiger partial charge in [0.05, 0.1) is 4.90 Å². The first-order valence-corrected chi connectivity index (χ1v) is 8.17. The molecule has 0 saturated carbocycles. The van der Waals surface area contributed by atoms with E-state index in [0.29, 0.717) is 0 Å². The zero-order valence-electron chi connectivity index (χ0n) is 12.3. The second-order valence-electron chi connectivity index (χ2n) is 5.58. The van der Waals surface area contributed by atoms with Crippen LogP contribution in [0.15, 0.2) is 29.2 Å². The Balaban J connectivity index is 2.63. The molecule has 0 bridgehead atoms. The number of hydrogen-bond acceptors (Lipinski definition) is 4. The molecule has 0 amide bonds. The van der Waals surface area contributed by atoms with E-state index < -0.39 is 10.0 Å². The SMILES string of the molecule is CNS(=O)(=O)c1ccc(NCC(C)(C)CCCO)cc1. The molecule has 0 aliphatic rings. The van der Waals surface area contributed by atoms with E-state index in [4.69, 9.17) is 5.11 Å². The van der Waals surface area contributed by atoms with Crippen LogP contribution in [0.1, 0.15) is 26.7 Å². The summed E-state index contributed by atoms with van der Waals surface area (Å²) in [6.07, 6.45) is 1.72. The van der Waals surface area contributed by atoms with Crippen molar-refractivity contribution in [1.82, 2.24) is 4.72 Å². The molecule has 0 aromatic heterocycles. The van der Waals surface area contributed by atoms with Crippen molar-refractivity contribution in [2.45, 2.75) is 31.6 Å². The van der Waals surface area contributed by atoms with Crippen LogP contribution in [-0.4, -0.2) is 33.7 Å². The number of anilines is 1. The van der Waals surface area contributed by atoms with Gasteiger partial charge in [0.2, 0.25) is 10.0 Å². The predicted molar refractivity (Wildman–Crippen MR) is 81.3 cm³/mol. The molecular formula is C14H24N2O3S. The molecule has 0 spiro atoms. The molecule has 3 N–H and O–H groups in total. The fourth-order valence-electron chi connectivity index (χ4n) is 1.86. The van der Waals surface area contributed by atoms with Gasteiger partial charge in [-0.05, 0) is 49.6 Å². The Morgan fingerprint density at radius 1 is 1.20 bits per heavy atom. The van der Waals surface area contributed by atoms with E-state index in [0.717, 1.165) is 25.1 Å². The van der Waals surface area contributed by atoms with Crippen molar-refractivity contribution in [2.24, 2.45) is 5.41 Å². The maximum absolute atomic E-state index is 11.6. The molecule has 0 atom stereocenters. The number of benzene rings is 1. The third-order valence-corrected chi connectivity index (χ3v) is 4.65. The van der Waals surface area contributed by atoms with Crippen molar-refractivity contribution < 1.29 is 13.5 Å². The van der Waals surface area contributed by atoms with Gasteiger partial charge in [0.25, 0.3) is 0 Å². The minimum Gasteiger partial charge on any atom is -0.396 e. The van der Waals surface area contributed by atoms with Gasteiger partial charge in [-0.2, -0.15) is 0 Å². The normalized spacial score (nSPS) is 12.4. The molecule has 1 aromatic carbocycles. The van der Waals surface area contributed by atoms with Crippen LogP contribution in [0.2, 0.25) is 0 Å². The summed E-state index contributed by atoms with van der Waals surface area (Å²) in [5.74, 6) is 0. The van der Waals surface area contributed by atoms with Gasteiger partial charge in [-0.3, -0.25) is 0 Å². The molecule has 0 heterocycles. The first kappa shape index (κ1) is 16.9. The zero-order valence-corrected chi connectivity index (χ0v) is 13.1. The second-order valence-corrected chi connectivity index (χ2v) is 7.46. The van der Waals surface area contributed by atoms with E-state index in [9.17, 15) is 8.42 Å². The smallest absolute Gasteiger partial charge is 0.240 e. The molecular weight excluding hydrogens is 276 g/mol. The first-order chi connectivity index (χ1) is 9.30. The highest BCUT2D eigenvalue weighted by Crippen LogP contribution is 2.23. The Labute approximate surface area is 121 Å². The van der Waals surface area contributed by atoms with Crippen LogP contribution in [0.5, 0.6) is 0 Å². The summed E-state index contributed by atoms with van der Waals surface area (Å²) in [4.78, 5) is 0.255. The molecule has 114 valence electrons. The van der Waals surface area contributed by atoms with Crippen LogP contribution in [0, 0.1) is 5.41 Å². The zero-order chi connectivity index (χ0) is 15.2. The monoisotopic (exact) mass is 300 g/mol. The summed E-state index contributed by atoms with van der Waals surface area (Å²) >= 11 is 0. The fraction of sp³-hybridized carbons (Fsp3) is 0.571. The lowest BCUT2D eigenvalue weighted by Crippen LogP contribution is -2.23. The molecule has 5 nitrogen and oxygen atoms in total. The topological polar surface area (TPSA) is 78.4 Å². The lowest BCUT2D eigenvalue weighted by molar-refractivity contribution is 0.248. The van der Waals surface area contributed by atoms with E-state index in [2.05, 4.69) is 23.9 Å². The Morgan fingerprint density at radius 2 is 1.80 bits per heavy atom. The maximum Gasteiger partial charge on any atom is 0.240 e. The van der Waals surface area contributed by atoms with Crippen molar-refractivity contribution in [1.29, 1.82) is 0 Å². The lowest BCUT2D eigenvalue weighted by Gasteiger charge is -2.25. The molecule has 20 heavy (non-hydrogen) atoms. The Morgan fingerprint density at radius 3 is 2.30 bits per heavy atom. The predicted octanol–water partition coefficient (Wildman–Crippen LogP) is 1.81. The average Bonchev–Trinajstić information content (AvgIpc) is 2.43. The summed E-state index contributed by atoms with van der Waals surface area (Å²) in [5, 5.41) is 12.2. The van der Waals surface area contributed by atoms with Crippen LogP contribution < -0.4 is 10.0 Å². The Kier molecular flexibility index (Phi) is 5.98. The third kappa shape index (κ3) is 5.11. The summed E-state index contributed by atoms with van der Waals surface area (Å²) in [6, 6.07) is 6.67. The van der Waals surface area contributed by atoms with Gasteiger partial charge in [-0.25, -0.2) is 13.1 Å². The van der Waals surface area contributed by atoms with Crippen LogP contribution in [0.25, 0.3) is 0 Å². The molecule has 0 unspecified atom stereocenters. The fourth-order valence-corrected chi connectivity index (χ4v) is 2.59. The molecule has 0 fully saturated rings. The molecule has 1 rings (SSSR count). The van der Waals surface area contributed by atoms with E-state index in [1.165, 1.54) is 7.05 Å². The summed E-state index contributed by atoms with van der Waals surface area (Å²) < 4.78 is 25.5. The number of nitrogens with one attached hydrogen (secondary N) is 2. The van der Waals surface area contributed by atoms with Gasteiger partial charge in [0, 0.05) is 18.8 Å². The second kappa shape index (κ2) is 7.06. The average molecular weight is 300 g/mol. The molecule has 6 heteroatoms. The largest absolute Gasteiger partial charge is 0.396 e. The minimum absolute atomic E-state index is 0.0818. The summed E-state index contributed by atoms with van der Waals surface area (Å²) in [6.45, 7) is 5.25. The number of aliphatic hydroxyl groups excluding tert-OH is 1. The third-order valence-electron chi connectivity index (χ3n) is 3.22. The minimum atomic E-state index is -3.38. The van der Waals surface area contributed by atoms with Crippen molar-refractivity contribution in [3.63, 3.8) is 0 Å². The summed E-state index contributed by atoms with van der Waals surface area (Å²) in [7, 11) is -1.98. The number of sulfonamides is 1. The van der Waals surface area contributed by atoms with Crippen LogP contribution >= 0.6 is 0 Å². The van der Waals surface area contributed by atoms with Gasteiger partial charge in [-0.15, -0.1) is 0 Å². The highest BCUT2D eigenvalue weighted by molar-refractivity contribution is 7.89. The van der Waals surface area contributed by atoms with E-state index in [1.807, 2.05) is 0 Å². The Hall–Kier alpha value is -1.11. The van der Waals surface area contributed by atoms with E-state index in [-0.39, 0.29) is 16.9 Å². The van der Waals surface area contributed by atoms with Crippen molar-refractivity contribution in [2.75, 3.05) is 25.5 Å². The molecule has 1 aromatic rings. The van der Waals surface area contributed by atoms with Gasteiger partial charge >= 0.3 is 0 Å². The van der Waals surface area contributed by atoms with Crippen molar-refractivity contribution in [3.8, 4) is 0 Å². The molecule has 0 radical (unpaired) electrons. The van der Waals surface area contributed by atoms with Crippen LogP contribution in [0.3, 0.4) is 0 Å². The highest BCUT2D eigenvalue weighted by atomic mass is 32.2.